The number of hydrogen-bond donors (Lipinski definition) is 1. The number of ether oxygens (including phenoxy) is 1. The number of benzene rings is 2. The molecule has 2 aromatic rings. The minimum atomic E-state index is -2.87. The first-order chi connectivity index (χ1) is 13.3. The van der Waals surface area contributed by atoms with Crippen molar-refractivity contribution in [2.75, 3.05) is 13.6 Å². The molecular formula is C20H21ClF2N2O3. The van der Waals surface area contributed by atoms with Gasteiger partial charge in [-0.1, -0.05) is 23.7 Å². The van der Waals surface area contributed by atoms with Crippen molar-refractivity contribution >= 4 is 23.4 Å². The lowest BCUT2D eigenvalue weighted by atomic mass is 10.2. The Kier molecular flexibility index (Phi) is 8.19. The number of nitrogens with zero attached hydrogens (tertiary/aromatic N) is 1. The van der Waals surface area contributed by atoms with E-state index in [1.54, 1.807) is 48.3 Å². The van der Waals surface area contributed by atoms with Gasteiger partial charge in [0.05, 0.1) is 0 Å². The van der Waals surface area contributed by atoms with Gasteiger partial charge in [-0.15, -0.1) is 0 Å². The fourth-order valence-corrected chi connectivity index (χ4v) is 2.60. The lowest BCUT2D eigenvalue weighted by Gasteiger charge is -2.17. The average molecular weight is 411 g/mol. The molecule has 0 aliphatic heterocycles. The zero-order valence-electron chi connectivity index (χ0n) is 15.3. The van der Waals surface area contributed by atoms with Gasteiger partial charge in [0.25, 0.3) is 5.91 Å². The monoisotopic (exact) mass is 410 g/mol. The highest BCUT2D eigenvalue weighted by Crippen LogP contribution is 2.16. The van der Waals surface area contributed by atoms with Crippen molar-refractivity contribution < 1.29 is 23.1 Å². The summed E-state index contributed by atoms with van der Waals surface area (Å²) in [6.45, 7) is -2.14. The van der Waals surface area contributed by atoms with Crippen LogP contribution >= 0.6 is 11.6 Å². The predicted molar refractivity (Wildman–Crippen MR) is 103 cm³/mol. The Hall–Kier alpha value is -2.67. The zero-order valence-corrected chi connectivity index (χ0v) is 16.1. The van der Waals surface area contributed by atoms with Crippen LogP contribution in [0.4, 0.5) is 8.78 Å². The molecule has 2 rings (SSSR count). The van der Waals surface area contributed by atoms with Crippen molar-refractivity contribution in [2.24, 2.45) is 0 Å². The number of nitrogens with one attached hydrogen (secondary N) is 1. The molecule has 28 heavy (non-hydrogen) atoms. The molecule has 0 bridgehead atoms. The van der Waals surface area contributed by atoms with Gasteiger partial charge in [-0.05, 0) is 48.4 Å². The smallest absolute Gasteiger partial charge is 0.387 e. The molecule has 150 valence electrons. The first-order valence-corrected chi connectivity index (χ1v) is 9.04. The first-order valence-electron chi connectivity index (χ1n) is 8.66. The lowest BCUT2D eigenvalue weighted by molar-refractivity contribution is -0.130. The van der Waals surface area contributed by atoms with E-state index in [1.165, 1.54) is 12.1 Å². The fraction of sp³-hybridized carbons (Fsp3) is 0.300. The maximum Gasteiger partial charge on any atom is 0.387 e. The third-order valence-corrected chi connectivity index (χ3v) is 4.21. The van der Waals surface area contributed by atoms with Gasteiger partial charge in [-0.2, -0.15) is 8.78 Å². The summed E-state index contributed by atoms with van der Waals surface area (Å²) in [6, 6.07) is 12.7. The van der Waals surface area contributed by atoms with Crippen molar-refractivity contribution in [3.63, 3.8) is 0 Å². The van der Waals surface area contributed by atoms with E-state index < -0.39 is 6.61 Å². The van der Waals surface area contributed by atoms with E-state index in [0.717, 1.165) is 5.56 Å². The SMILES string of the molecule is CN(Cc1ccc(OC(F)F)cc1)C(=O)CCCNC(=O)c1ccc(Cl)cc1. The van der Waals surface area contributed by atoms with Crippen molar-refractivity contribution in [3.8, 4) is 5.75 Å². The van der Waals surface area contributed by atoms with Crippen molar-refractivity contribution in [2.45, 2.75) is 26.0 Å². The van der Waals surface area contributed by atoms with E-state index in [1.807, 2.05) is 0 Å². The molecule has 0 spiro atoms. The van der Waals surface area contributed by atoms with E-state index in [4.69, 9.17) is 11.6 Å². The second-order valence-corrected chi connectivity index (χ2v) is 6.58. The summed E-state index contributed by atoms with van der Waals surface area (Å²) in [6.07, 6.45) is 0.785. The fourth-order valence-electron chi connectivity index (χ4n) is 2.47. The molecule has 2 amide bonds. The molecule has 2 aromatic carbocycles. The summed E-state index contributed by atoms with van der Waals surface area (Å²) in [4.78, 5) is 25.7. The maximum absolute atomic E-state index is 12.2. The number of halogens is 3. The van der Waals surface area contributed by atoms with Crippen LogP contribution < -0.4 is 10.1 Å². The molecule has 8 heteroatoms. The van der Waals surface area contributed by atoms with E-state index in [2.05, 4.69) is 10.1 Å². The van der Waals surface area contributed by atoms with Gasteiger partial charge in [0.2, 0.25) is 5.91 Å². The average Bonchev–Trinajstić information content (AvgIpc) is 2.66. The number of rotatable bonds is 9. The van der Waals surface area contributed by atoms with Crippen LogP contribution in [0.1, 0.15) is 28.8 Å². The molecule has 0 aliphatic rings. The normalized spacial score (nSPS) is 10.6. The number of alkyl halides is 2. The topological polar surface area (TPSA) is 58.6 Å². The summed E-state index contributed by atoms with van der Waals surface area (Å²) in [5.41, 5.74) is 1.31. The second kappa shape index (κ2) is 10.6. The first kappa shape index (κ1) is 21.6. The van der Waals surface area contributed by atoms with Crippen molar-refractivity contribution in [1.82, 2.24) is 10.2 Å². The predicted octanol–water partition coefficient (Wildman–Crippen LogP) is 4.11. The lowest BCUT2D eigenvalue weighted by Crippen LogP contribution is -2.28. The Morgan fingerprint density at radius 1 is 1.11 bits per heavy atom. The van der Waals surface area contributed by atoms with Gasteiger partial charge < -0.3 is 15.0 Å². The van der Waals surface area contributed by atoms with Gasteiger partial charge in [-0.25, -0.2) is 0 Å². The molecule has 5 nitrogen and oxygen atoms in total. The van der Waals surface area contributed by atoms with Crippen LogP contribution in [0.2, 0.25) is 5.02 Å². The largest absolute Gasteiger partial charge is 0.435 e. The molecule has 0 aromatic heterocycles. The number of hydrogen-bond acceptors (Lipinski definition) is 3. The zero-order chi connectivity index (χ0) is 20.5. The summed E-state index contributed by atoms with van der Waals surface area (Å²) in [7, 11) is 1.66. The molecule has 0 radical (unpaired) electrons. The highest BCUT2D eigenvalue weighted by molar-refractivity contribution is 6.30. The van der Waals surface area contributed by atoms with E-state index >= 15 is 0 Å². The summed E-state index contributed by atoms with van der Waals surface area (Å²) in [5, 5.41) is 3.31. The van der Waals surface area contributed by atoms with Crippen LogP contribution in [0.15, 0.2) is 48.5 Å². The molecule has 0 saturated heterocycles. The molecule has 0 heterocycles. The molecule has 0 unspecified atom stereocenters. The molecule has 1 N–H and O–H groups in total. The minimum Gasteiger partial charge on any atom is -0.435 e. The van der Waals surface area contributed by atoms with Crippen LogP contribution in [-0.4, -0.2) is 36.9 Å². The summed E-state index contributed by atoms with van der Waals surface area (Å²) >= 11 is 5.78. The molecule has 0 aliphatic carbocycles. The van der Waals surface area contributed by atoms with Gasteiger partial charge in [0.1, 0.15) is 5.75 Å². The Morgan fingerprint density at radius 2 is 1.75 bits per heavy atom. The molecule has 0 atom stereocenters. The van der Waals surface area contributed by atoms with Crippen LogP contribution in [-0.2, 0) is 11.3 Å². The third kappa shape index (κ3) is 7.15. The number of carbonyl (C=O) groups excluding carboxylic acids is 2. The van der Waals surface area contributed by atoms with E-state index in [0.29, 0.717) is 30.1 Å². The number of amides is 2. The highest BCUT2D eigenvalue weighted by atomic mass is 35.5. The van der Waals surface area contributed by atoms with Crippen LogP contribution in [0.3, 0.4) is 0 Å². The highest BCUT2D eigenvalue weighted by Gasteiger charge is 2.11. The van der Waals surface area contributed by atoms with Gasteiger partial charge in [0, 0.05) is 37.1 Å². The maximum atomic E-state index is 12.2. The quantitative estimate of drug-likeness (QED) is 0.633. The Bertz CT molecular complexity index is 783. The molecular weight excluding hydrogens is 390 g/mol. The van der Waals surface area contributed by atoms with Crippen LogP contribution in [0.5, 0.6) is 5.75 Å². The Labute approximate surface area is 167 Å². The van der Waals surface area contributed by atoms with Gasteiger partial charge in [-0.3, -0.25) is 9.59 Å². The van der Waals surface area contributed by atoms with Gasteiger partial charge in [0.15, 0.2) is 0 Å². The Morgan fingerprint density at radius 3 is 2.36 bits per heavy atom. The summed E-state index contributed by atoms with van der Waals surface area (Å²) in [5.74, 6) is -0.221. The molecule has 0 fully saturated rings. The standard InChI is InChI=1S/C20H21ClF2N2O3/c1-25(13-14-4-10-17(11-5-14)28-20(22)23)18(26)3-2-12-24-19(27)15-6-8-16(21)9-7-15/h4-11,20H,2-3,12-13H2,1H3,(H,24,27). The second-order valence-electron chi connectivity index (χ2n) is 6.14. The van der Waals surface area contributed by atoms with Crippen molar-refractivity contribution in [1.29, 1.82) is 0 Å². The molecule has 0 saturated carbocycles. The summed E-state index contributed by atoms with van der Waals surface area (Å²) < 4.78 is 28.6. The van der Waals surface area contributed by atoms with E-state index in [-0.39, 0.29) is 24.0 Å². The number of carbonyl (C=O) groups is 2. The van der Waals surface area contributed by atoms with Crippen molar-refractivity contribution in [3.05, 3.63) is 64.7 Å². The van der Waals surface area contributed by atoms with Crippen LogP contribution in [0, 0.1) is 0 Å². The Balaban J connectivity index is 1.70. The van der Waals surface area contributed by atoms with Gasteiger partial charge >= 0.3 is 6.61 Å². The van der Waals surface area contributed by atoms with E-state index in [9.17, 15) is 18.4 Å². The van der Waals surface area contributed by atoms with Crippen LogP contribution in [0.25, 0.3) is 0 Å². The third-order valence-electron chi connectivity index (χ3n) is 3.95. The minimum absolute atomic E-state index is 0.0733.